The van der Waals surface area contributed by atoms with Gasteiger partial charge < -0.3 is 16.0 Å². The maximum atomic E-state index is 12.2. The van der Waals surface area contributed by atoms with Gasteiger partial charge in [0.2, 0.25) is 5.91 Å². The van der Waals surface area contributed by atoms with E-state index in [1.807, 2.05) is 4.90 Å². The average Bonchev–Trinajstić information content (AvgIpc) is 2.46. The molecule has 2 aliphatic rings. The van der Waals surface area contributed by atoms with Crippen LogP contribution in [0.2, 0.25) is 0 Å². The van der Waals surface area contributed by atoms with Crippen molar-refractivity contribution in [2.24, 2.45) is 16.6 Å². The first-order valence-electron chi connectivity index (χ1n) is 8.75. The molecule has 0 radical (unpaired) electrons. The van der Waals surface area contributed by atoms with E-state index in [1.165, 1.54) is 6.42 Å². The van der Waals surface area contributed by atoms with Crippen LogP contribution in [-0.4, -0.2) is 67.5 Å². The van der Waals surface area contributed by atoms with Crippen LogP contribution in [0, 0.1) is 5.92 Å². The van der Waals surface area contributed by atoms with Gasteiger partial charge in [-0.2, -0.15) is 0 Å². The molecule has 0 aromatic rings. The van der Waals surface area contributed by atoms with Crippen molar-refractivity contribution in [3.8, 4) is 0 Å². The molecule has 1 aliphatic heterocycles. The summed E-state index contributed by atoms with van der Waals surface area (Å²) in [6, 6.07) is 0. The molecule has 1 aliphatic carbocycles. The Morgan fingerprint density at radius 2 is 1.96 bits per heavy atom. The van der Waals surface area contributed by atoms with Gasteiger partial charge in [-0.25, -0.2) is 0 Å². The summed E-state index contributed by atoms with van der Waals surface area (Å²) in [5.41, 5.74) is 5.81. The van der Waals surface area contributed by atoms with Crippen molar-refractivity contribution in [3.05, 3.63) is 0 Å². The van der Waals surface area contributed by atoms with Gasteiger partial charge in [0.25, 0.3) is 0 Å². The fraction of sp³-hybridized carbons (Fsp3) is 0.875. The number of amides is 1. The number of unbranched alkanes of at least 4 members (excludes halogenated alkanes) is 1. The summed E-state index contributed by atoms with van der Waals surface area (Å²) < 4.78 is 0. The van der Waals surface area contributed by atoms with Gasteiger partial charge in [0, 0.05) is 51.7 Å². The number of nitrogens with zero attached hydrogens (tertiary/aromatic N) is 3. The summed E-state index contributed by atoms with van der Waals surface area (Å²) >= 11 is 0. The van der Waals surface area contributed by atoms with Gasteiger partial charge >= 0.3 is 0 Å². The Morgan fingerprint density at radius 1 is 1.26 bits per heavy atom. The highest BCUT2D eigenvalue weighted by Gasteiger charge is 2.30. The fourth-order valence-corrected chi connectivity index (χ4v) is 2.86. The molecule has 0 bridgehead atoms. The van der Waals surface area contributed by atoms with Gasteiger partial charge in [0.1, 0.15) is 0 Å². The molecule has 6 nitrogen and oxygen atoms in total. The Labute approximate surface area is 157 Å². The molecule has 1 saturated carbocycles. The fourth-order valence-electron chi connectivity index (χ4n) is 2.86. The topological polar surface area (TPSA) is 74.0 Å². The van der Waals surface area contributed by atoms with Crippen molar-refractivity contribution in [1.29, 1.82) is 0 Å². The molecule has 0 aromatic heterocycles. The summed E-state index contributed by atoms with van der Waals surface area (Å²) in [5.74, 6) is 1.26. The molecule has 0 spiro atoms. The number of guanidine groups is 1. The van der Waals surface area contributed by atoms with Gasteiger partial charge in [-0.05, 0) is 19.3 Å². The second-order valence-corrected chi connectivity index (χ2v) is 6.34. The zero-order valence-electron chi connectivity index (χ0n) is 14.3. The second kappa shape index (κ2) is 11.1. The molecule has 2 fully saturated rings. The lowest BCUT2D eigenvalue weighted by Crippen LogP contribution is -2.52. The van der Waals surface area contributed by atoms with E-state index >= 15 is 0 Å². The minimum atomic E-state index is 0. The molecule has 1 amide bonds. The standard InChI is InChI=1S/C16H31N5O.HI/c1-2-3-7-18-16(17)19-8-9-20-10-12-21(13-11-20)15(22)14-5-4-6-14;/h14H,2-13H2,1H3,(H3,17,18,19);1H. The Morgan fingerprint density at radius 3 is 2.52 bits per heavy atom. The lowest BCUT2D eigenvalue weighted by molar-refractivity contribution is -0.139. The highest BCUT2D eigenvalue weighted by Crippen LogP contribution is 2.28. The van der Waals surface area contributed by atoms with Crippen LogP contribution in [-0.2, 0) is 4.79 Å². The van der Waals surface area contributed by atoms with Crippen LogP contribution in [0.4, 0.5) is 0 Å². The van der Waals surface area contributed by atoms with E-state index in [1.54, 1.807) is 0 Å². The van der Waals surface area contributed by atoms with Gasteiger partial charge in [0.15, 0.2) is 5.96 Å². The van der Waals surface area contributed by atoms with Crippen molar-refractivity contribution in [1.82, 2.24) is 15.1 Å². The lowest BCUT2D eigenvalue weighted by atomic mass is 9.84. The quantitative estimate of drug-likeness (QED) is 0.272. The van der Waals surface area contributed by atoms with Crippen LogP contribution in [0.5, 0.6) is 0 Å². The molecule has 0 unspecified atom stereocenters. The van der Waals surface area contributed by atoms with Crippen molar-refractivity contribution < 1.29 is 4.79 Å². The first-order valence-corrected chi connectivity index (χ1v) is 8.75. The SMILES string of the molecule is CCCCN=C(N)NCCN1CCN(C(=O)C2CCC2)CC1.I. The largest absolute Gasteiger partial charge is 0.370 e. The molecule has 0 aromatic carbocycles. The third-order valence-corrected chi connectivity index (χ3v) is 4.67. The van der Waals surface area contributed by atoms with Crippen LogP contribution < -0.4 is 11.1 Å². The van der Waals surface area contributed by atoms with Gasteiger partial charge in [-0.15, -0.1) is 24.0 Å². The van der Waals surface area contributed by atoms with E-state index in [0.717, 1.165) is 71.5 Å². The molecule has 1 heterocycles. The highest BCUT2D eigenvalue weighted by atomic mass is 127. The van der Waals surface area contributed by atoms with Gasteiger partial charge in [-0.1, -0.05) is 19.8 Å². The van der Waals surface area contributed by atoms with E-state index in [-0.39, 0.29) is 24.0 Å². The highest BCUT2D eigenvalue weighted by molar-refractivity contribution is 14.0. The summed E-state index contributed by atoms with van der Waals surface area (Å²) in [4.78, 5) is 20.9. The molecule has 23 heavy (non-hydrogen) atoms. The van der Waals surface area contributed by atoms with Crippen molar-refractivity contribution in [2.45, 2.75) is 39.0 Å². The van der Waals surface area contributed by atoms with Crippen molar-refractivity contribution >= 4 is 35.8 Å². The van der Waals surface area contributed by atoms with Crippen LogP contribution >= 0.6 is 24.0 Å². The summed E-state index contributed by atoms with van der Waals surface area (Å²) in [5, 5.41) is 3.16. The van der Waals surface area contributed by atoms with E-state index in [0.29, 0.717) is 17.8 Å². The smallest absolute Gasteiger partial charge is 0.225 e. The summed E-state index contributed by atoms with van der Waals surface area (Å²) in [6.45, 7) is 8.39. The predicted molar refractivity (Wildman–Crippen MR) is 105 cm³/mol. The van der Waals surface area contributed by atoms with Crippen LogP contribution in [0.15, 0.2) is 4.99 Å². The first kappa shape index (κ1) is 20.5. The molecule has 134 valence electrons. The number of rotatable bonds is 7. The van der Waals surface area contributed by atoms with Gasteiger partial charge in [0.05, 0.1) is 0 Å². The number of carbonyl (C=O) groups excluding carboxylic acids is 1. The maximum absolute atomic E-state index is 12.2. The molecule has 3 N–H and O–H groups in total. The third kappa shape index (κ3) is 6.82. The first-order chi connectivity index (χ1) is 10.7. The molecule has 2 rings (SSSR count). The van der Waals surface area contributed by atoms with E-state index < -0.39 is 0 Å². The second-order valence-electron chi connectivity index (χ2n) is 6.34. The van der Waals surface area contributed by atoms with E-state index in [4.69, 9.17) is 5.73 Å². The normalized spacial score (nSPS) is 19.9. The molecule has 0 atom stereocenters. The van der Waals surface area contributed by atoms with Crippen LogP contribution in [0.3, 0.4) is 0 Å². The number of carbonyl (C=O) groups is 1. The van der Waals surface area contributed by atoms with Crippen LogP contribution in [0.1, 0.15) is 39.0 Å². The van der Waals surface area contributed by atoms with E-state index in [2.05, 4.69) is 22.1 Å². The van der Waals surface area contributed by atoms with Crippen LogP contribution in [0.25, 0.3) is 0 Å². The molecule has 7 heteroatoms. The predicted octanol–water partition coefficient (Wildman–Crippen LogP) is 1.25. The summed E-state index contributed by atoms with van der Waals surface area (Å²) in [6.07, 6.45) is 5.64. The monoisotopic (exact) mass is 437 g/mol. The minimum absolute atomic E-state index is 0. The maximum Gasteiger partial charge on any atom is 0.225 e. The number of piperazine rings is 1. The number of hydrogen-bond acceptors (Lipinski definition) is 3. The number of aliphatic imine (C=N–C) groups is 1. The summed E-state index contributed by atoms with van der Waals surface area (Å²) in [7, 11) is 0. The number of nitrogens with one attached hydrogen (secondary N) is 1. The number of halogens is 1. The third-order valence-electron chi connectivity index (χ3n) is 4.67. The molecular formula is C16H32IN5O. The van der Waals surface area contributed by atoms with Crippen molar-refractivity contribution in [2.75, 3.05) is 45.8 Å². The number of nitrogens with two attached hydrogens (primary N) is 1. The zero-order chi connectivity index (χ0) is 15.8. The average molecular weight is 437 g/mol. The number of hydrogen-bond donors (Lipinski definition) is 2. The Bertz CT molecular complexity index is 379. The minimum Gasteiger partial charge on any atom is -0.370 e. The Balaban J connectivity index is 0.00000264. The molecule has 1 saturated heterocycles. The Hall–Kier alpha value is -0.570. The lowest BCUT2D eigenvalue weighted by Gasteiger charge is -2.38. The Kier molecular flexibility index (Phi) is 9.85. The molecular weight excluding hydrogens is 405 g/mol. The van der Waals surface area contributed by atoms with Gasteiger partial charge in [-0.3, -0.25) is 14.7 Å². The van der Waals surface area contributed by atoms with E-state index in [9.17, 15) is 4.79 Å². The van der Waals surface area contributed by atoms with Crippen molar-refractivity contribution in [3.63, 3.8) is 0 Å². The zero-order valence-corrected chi connectivity index (χ0v) is 16.6.